The molecule has 3 aromatic rings. The third-order valence-electron chi connectivity index (χ3n) is 4.10. The van der Waals surface area contributed by atoms with Crippen LogP contribution < -0.4 is 10.1 Å². The minimum absolute atomic E-state index is 0.419. The zero-order valence-electron chi connectivity index (χ0n) is 15.7. The van der Waals surface area contributed by atoms with Crippen molar-refractivity contribution in [2.24, 2.45) is 0 Å². The molecule has 0 unspecified atom stereocenters. The molecular weight excluding hydrogens is 368 g/mol. The number of rotatable bonds is 6. The Balaban J connectivity index is 1.54. The van der Waals surface area contributed by atoms with E-state index in [2.05, 4.69) is 5.32 Å². The third-order valence-corrected chi connectivity index (χ3v) is 4.10. The van der Waals surface area contributed by atoms with Gasteiger partial charge in [-0.3, -0.25) is 4.79 Å². The normalized spacial score (nSPS) is 10.5. The molecule has 1 N–H and O–H groups in total. The summed E-state index contributed by atoms with van der Waals surface area (Å²) in [5, 5.41) is 13.5. The smallest absolute Gasteiger partial charge is 0.331 e. The van der Waals surface area contributed by atoms with Gasteiger partial charge in [-0.25, -0.2) is 4.79 Å². The summed E-state index contributed by atoms with van der Waals surface area (Å²) in [5.41, 5.74) is 1.72. The number of benzene rings is 3. The van der Waals surface area contributed by atoms with E-state index in [-0.39, 0.29) is 0 Å². The number of nitrogens with one attached hydrogen (secondary N) is 1. The van der Waals surface area contributed by atoms with E-state index in [0.29, 0.717) is 11.3 Å². The van der Waals surface area contributed by atoms with Gasteiger partial charge in [0.15, 0.2) is 6.61 Å². The summed E-state index contributed by atoms with van der Waals surface area (Å²) in [6.45, 7) is -0.419. The fourth-order valence-corrected chi connectivity index (χ4v) is 2.69. The lowest BCUT2D eigenvalue weighted by molar-refractivity contribution is -0.142. The van der Waals surface area contributed by atoms with Gasteiger partial charge >= 0.3 is 5.97 Å². The quantitative estimate of drug-likeness (QED) is 0.512. The first-order chi connectivity index (χ1) is 14.1. The number of fused-ring (bicyclic) bond motifs is 1. The second-order valence-corrected chi connectivity index (χ2v) is 6.15. The van der Waals surface area contributed by atoms with E-state index in [1.165, 1.54) is 12.1 Å². The fraction of sp³-hybridized carbons (Fsp3) is 0.0870. The second-order valence-electron chi connectivity index (χ2n) is 6.15. The Morgan fingerprint density at radius 3 is 2.66 bits per heavy atom. The number of amides is 1. The number of hydrogen-bond donors (Lipinski definition) is 1. The van der Waals surface area contributed by atoms with Crippen molar-refractivity contribution in [1.82, 2.24) is 0 Å². The summed E-state index contributed by atoms with van der Waals surface area (Å²) in [6, 6.07) is 19.9. The van der Waals surface area contributed by atoms with Gasteiger partial charge in [0.25, 0.3) is 5.91 Å². The van der Waals surface area contributed by atoms with Crippen LogP contribution in [0.1, 0.15) is 11.1 Å². The minimum Gasteiger partial charge on any atom is -0.497 e. The molecule has 29 heavy (non-hydrogen) atoms. The van der Waals surface area contributed by atoms with Gasteiger partial charge in [-0.1, -0.05) is 24.3 Å². The Kier molecular flexibility index (Phi) is 6.23. The van der Waals surface area contributed by atoms with Gasteiger partial charge < -0.3 is 14.8 Å². The van der Waals surface area contributed by atoms with Crippen molar-refractivity contribution >= 4 is 34.4 Å². The lowest BCUT2D eigenvalue weighted by atomic mass is 10.1. The minimum atomic E-state index is -0.624. The average Bonchev–Trinajstić information content (AvgIpc) is 2.75. The van der Waals surface area contributed by atoms with Crippen molar-refractivity contribution in [3.63, 3.8) is 0 Å². The predicted octanol–water partition coefficient (Wildman–Crippen LogP) is 3.92. The van der Waals surface area contributed by atoms with Crippen LogP contribution in [0.4, 0.5) is 5.69 Å². The van der Waals surface area contributed by atoms with Crippen molar-refractivity contribution in [2.75, 3.05) is 19.0 Å². The van der Waals surface area contributed by atoms with Gasteiger partial charge in [-0.05, 0) is 58.8 Å². The lowest BCUT2D eigenvalue weighted by Gasteiger charge is -2.05. The van der Waals surface area contributed by atoms with Crippen LogP contribution in [0, 0.1) is 11.3 Å². The van der Waals surface area contributed by atoms with Crippen molar-refractivity contribution < 1.29 is 19.1 Å². The number of methoxy groups -OCH3 is 1. The van der Waals surface area contributed by atoms with E-state index in [0.717, 1.165) is 22.1 Å². The summed E-state index contributed by atoms with van der Waals surface area (Å²) in [4.78, 5) is 23.8. The number of nitrogens with zero attached hydrogens (tertiary/aromatic N) is 1. The van der Waals surface area contributed by atoms with Gasteiger partial charge in [0.1, 0.15) is 5.75 Å². The Labute approximate surface area is 168 Å². The number of carbonyl (C=O) groups is 2. The number of nitriles is 1. The molecule has 0 saturated carbocycles. The molecule has 0 bridgehead atoms. The maximum Gasteiger partial charge on any atom is 0.331 e. The summed E-state index contributed by atoms with van der Waals surface area (Å²) >= 11 is 0. The largest absolute Gasteiger partial charge is 0.497 e. The lowest BCUT2D eigenvalue weighted by Crippen LogP contribution is -2.20. The highest BCUT2D eigenvalue weighted by atomic mass is 16.5. The summed E-state index contributed by atoms with van der Waals surface area (Å²) in [5.74, 6) is -0.329. The topological polar surface area (TPSA) is 88.4 Å². The molecule has 3 aromatic carbocycles. The Morgan fingerprint density at radius 1 is 1.07 bits per heavy atom. The monoisotopic (exact) mass is 386 g/mol. The van der Waals surface area contributed by atoms with E-state index < -0.39 is 18.5 Å². The van der Waals surface area contributed by atoms with Crippen LogP contribution >= 0.6 is 0 Å². The first-order valence-corrected chi connectivity index (χ1v) is 8.80. The van der Waals surface area contributed by atoms with Gasteiger partial charge in [-0.15, -0.1) is 0 Å². The Hall–Kier alpha value is -4.11. The highest BCUT2D eigenvalue weighted by Crippen LogP contribution is 2.22. The van der Waals surface area contributed by atoms with E-state index in [9.17, 15) is 9.59 Å². The van der Waals surface area contributed by atoms with Crippen molar-refractivity contribution in [1.29, 1.82) is 5.26 Å². The van der Waals surface area contributed by atoms with Crippen molar-refractivity contribution in [2.45, 2.75) is 0 Å². The molecule has 144 valence electrons. The molecule has 0 fully saturated rings. The maximum absolute atomic E-state index is 11.9. The van der Waals surface area contributed by atoms with Gasteiger partial charge in [0, 0.05) is 11.8 Å². The van der Waals surface area contributed by atoms with E-state index in [1.807, 2.05) is 42.5 Å². The first-order valence-electron chi connectivity index (χ1n) is 8.80. The molecule has 0 aliphatic rings. The molecule has 0 aliphatic heterocycles. The van der Waals surface area contributed by atoms with Crippen LogP contribution in [0.2, 0.25) is 0 Å². The number of esters is 1. The van der Waals surface area contributed by atoms with E-state index in [1.54, 1.807) is 31.4 Å². The zero-order valence-corrected chi connectivity index (χ0v) is 15.7. The third kappa shape index (κ3) is 5.44. The summed E-state index contributed by atoms with van der Waals surface area (Å²) in [6.07, 6.45) is 2.90. The maximum atomic E-state index is 11.9. The number of carbonyl (C=O) groups excluding carboxylic acids is 2. The van der Waals surface area contributed by atoms with Crippen LogP contribution in [-0.4, -0.2) is 25.6 Å². The second kappa shape index (κ2) is 9.20. The van der Waals surface area contributed by atoms with Crippen molar-refractivity contribution in [3.05, 3.63) is 77.9 Å². The zero-order chi connectivity index (χ0) is 20.6. The molecule has 0 saturated heterocycles. The van der Waals surface area contributed by atoms with Crippen LogP contribution in [0.15, 0.2) is 66.7 Å². The van der Waals surface area contributed by atoms with Gasteiger partial charge in [-0.2, -0.15) is 5.26 Å². The number of hydrogen-bond acceptors (Lipinski definition) is 5. The molecule has 3 rings (SSSR count). The van der Waals surface area contributed by atoms with E-state index >= 15 is 0 Å². The van der Waals surface area contributed by atoms with Crippen LogP contribution in [0.3, 0.4) is 0 Å². The molecule has 0 spiro atoms. The molecular formula is C23H18N2O4. The average molecular weight is 386 g/mol. The van der Waals surface area contributed by atoms with Crippen LogP contribution in [0.25, 0.3) is 16.8 Å². The highest BCUT2D eigenvalue weighted by molar-refractivity contribution is 5.95. The molecule has 0 atom stereocenters. The Bertz CT molecular complexity index is 1130. The van der Waals surface area contributed by atoms with E-state index in [4.69, 9.17) is 14.7 Å². The molecule has 0 aromatic heterocycles. The molecule has 6 nitrogen and oxygen atoms in total. The number of ether oxygens (including phenoxy) is 2. The molecule has 0 heterocycles. The SMILES string of the molecule is COc1ccc2cc(/C=C/C(=O)OCC(=O)Nc3cccc(C#N)c3)ccc2c1. The predicted molar refractivity (Wildman–Crippen MR) is 110 cm³/mol. The number of anilines is 1. The van der Waals surface area contributed by atoms with Gasteiger partial charge in [0.2, 0.25) is 0 Å². The standard InChI is InChI=1S/C23H18N2O4/c1-28-21-9-8-18-11-16(5-7-19(18)13-21)6-10-23(27)29-15-22(26)25-20-4-2-3-17(12-20)14-24/h2-13H,15H2,1H3,(H,25,26)/b10-6+. The van der Waals surface area contributed by atoms with Gasteiger partial charge in [0.05, 0.1) is 18.7 Å². The first kappa shape index (κ1) is 19.6. The summed E-state index contributed by atoms with van der Waals surface area (Å²) in [7, 11) is 1.62. The fourth-order valence-electron chi connectivity index (χ4n) is 2.69. The van der Waals surface area contributed by atoms with Crippen molar-refractivity contribution in [3.8, 4) is 11.8 Å². The molecule has 0 radical (unpaired) electrons. The van der Waals surface area contributed by atoms with Crippen LogP contribution in [-0.2, 0) is 14.3 Å². The molecule has 6 heteroatoms. The van der Waals surface area contributed by atoms with Crippen LogP contribution in [0.5, 0.6) is 5.75 Å². The highest BCUT2D eigenvalue weighted by Gasteiger charge is 2.06. The Morgan fingerprint density at radius 2 is 1.86 bits per heavy atom. The molecule has 0 aliphatic carbocycles. The summed E-state index contributed by atoms with van der Waals surface area (Å²) < 4.78 is 10.2. The molecule has 1 amide bonds.